The van der Waals surface area contributed by atoms with E-state index in [9.17, 15) is 22.8 Å². The van der Waals surface area contributed by atoms with Gasteiger partial charge in [0, 0.05) is 45.0 Å². The number of pyridine rings is 1. The van der Waals surface area contributed by atoms with Crippen LogP contribution in [0.25, 0.3) is 11.1 Å². The zero-order valence-electron chi connectivity index (χ0n) is 19.4. The fraction of sp³-hybridized carbons (Fsp3) is 0.269. The van der Waals surface area contributed by atoms with E-state index in [1.165, 1.54) is 18.3 Å². The third-order valence-electron chi connectivity index (χ3n) is 6.16. The number of alkyl halides is 3. The lowest BCUT2D eigenvalue weighted by atomic mass is 9.98. The summed E-state index contributed by atoms with van der Waals surface area (Å²) in [6.07, 6.45) is -2.88. The van der Waals surface area contributed by atoms with E-state index >= 15 is 0 Å². The van der Waals surface area contributed by atoms with E-state index in [-0.39, 0.29) is 11.8 Å². The van der Waals surface area contributed by atoms with Gasteiger partial charge in [0.25, 0.3) is 5.91 Å². The molecule has 1 N–H and O–H groups in total. The maximum atomic E-state index is 12.9. The van der Waals surface area contributed by atoms with Gasteiger partial charge in [-0.1, -0.05) is 24.3 Å². The van der Waals surface area contributed by atoms with Gasteiger partial charge in [-0.15, -0.1) is 0 Å². The molecule has 35 heavy (non-hydrogen) atoms. The van der Waals surface area contributed by atoms with Gasteiger partial charge in [0.05, 0.1) is 11.1 Å². The van der Waals surface area contributed by atoms with Crippen molar-refractivity contribution in [3.63, 3.8) is 0 Å². The predicted molar refractivity (Wildman–Crippen MR) is 128 cm³/mol. The Morgan fingerprint density at radius 3 is 2.20 bits per heavy atom. The first-order valence-corrected chi connectivity index (χ1v) is 11.2. The standard InChI is InChI=1S/C26H25F3N4O2/c1-17-22(19-6-9-21(10-7-19)26(27,28)29)4-3-5-23(17)31-25(35)20-8-11-24(30-16-20)33-14-12-32(13-15-33)18(2)34/h3-11,16H,12-15H2,1-2H3,(H,31,35). The number of amides is 2. The molecule has 9 heteroatoms. The fourth-order valence-corrected chi connectivity index (χ4v) is 4.07. The molecule has 4 rings (SSSR count). The highest BCUT2D eigenvalue weighted by Crippen LogP contribution is 2.33. The first-order valence-electron chi connectivity index (χ1n) is 11.2. The molecule has 0 saturated carbocycles. The summed E-state index contributed by atoms with van der Waals surface area (Å²) in [6.45, 7) is 5.98. The van der Waals surface area contributed by atoms with E-state index in [1.807, 2.05) is 6.92 Å². The van der Waals surface area contributed by atoms with Crippen LogP contribution in [0.3, 0.4) is 0 Å². The lowest BCUT2D eigenvalue weighted by Gasteiger charge is -2.34. The van der Waals surface area contributed by atoms with Crippen LogP contribution in [-0.4, -0.2) is 47.9 Å². The Labute approximate surface area is 201 Å². The maximum Gasteiger partial charge on any atom is 0.416 e. The molecule has 0 aliphatic carbocycles. The highest BCUT2D eigenvalue weighted by atomic mass is 19.4. The molecule has 1 fully saturated rings. The number of hydrogen-bond donors (Lipinski definition) is 1. The highest BCUT2D eigenvalue weighted by Gasteiger charge is 2.30. The molecular formula is C26H25F3N4O2. The van der Waals surface area contributed by atoms with Crippen molar-refractivity contribution in [3.8, 4) is 11.1 Å². The second-order valence-electron chi connectivity index (χ2n) is 8.41. The number of piperazine rings is 1. The molecule has 6 nitrogen and oxygen atoms in total. The Morgan fingerprint density at radius 2 is 1.63 bits per heavy atom. The molecule has 1 aliphatic heterocycles. The number of carbonyl (C=O) groups is 2. The van der Waals surface area contributed by atoms with Crippen molar-refractivity contribution in [2.75, 3.05) is 36.4 Å². The number of nitrogens with zero attached hydrogens (tertiary/aromatic N) is 3. The van der Waals surface area contributed by atoms with E-state index < -0.39 is 11.7 Å². The van der Waals surface area contributed by atoms with Gasteiger partial charge in [-0.2, -0.15) is 13.2 Å². The summed E-state index contributed by atoms with van der Waals surface area (Å²) in [5.74, 6) is 0.464. The van der Waals surface area contributed by atoms with E-state index in [1.54, 1.807) is 42.2 Å². The van der Waals surface area contributed by atoms with Gasteiger partial charge in [-0.05, 0) is 53.9 Å². The summed E-state index contributed by atoms with van der Waals surface area (Å²) in [5, 5.41) is 2.87. The molecule has 0 atom stereocenters. The van der Waals surface area contributed by atoms with E-state index in [2.05, 4.69) is 15.2 Å². The zero-order chi connectivity index (χ0) is 25.2. The fourth-order valence-electron chi connectivity index (χ4n) is 4.07. The lowest BCUT2D eigenvalue weighted by Crippen LogP contribution is -2.48. The minimum Gasteiger partial charge on any atom is -0.353 e. The van der Waals surface area contributed by atoms with Crippen molar-refractivity contribution in [2.45, 2.75) is 20.0 Å². The second kappa shape index (κ2) is 9.77. The van der Waals surface area contributed by atoms with Crippen molar-refractivity contribution < 1.29 is 22.8 Å². The molecule has 0 bridgehead atoms. The number of hydrogen-bond acceptors (Lipinski definition) is 4. The predicted octanol–water partition coefficient (Wildman–Crippen LogP) is 5.00. The van der Waals surface area contributed by atoms with Crippen molar-refractivity contribution in [3.05, 3.63) is 77.5 Å². The monoisotopic (exact) mass is 482 g/mol. The van der Waals surface area contributed by atoms with E-state index in [0.29, 0.717) is 43.0 Å². The van der Waals surface area contributed by atoms with Crippen LogP contribution in [0, 0.1) is 6.92 Å². The second-order valence-corrected chi connectivity index (χ2v) is 8.41. The van der Waals surface area contributed by atoms with Gasteiger partial charge in [0.1, 0.15) is 5.82 Å². The number of rotatable bonds is 4. The third-order valence-corrected chi connectivity index (χ3v) is 6.16. The molecule has 0 spiro atoms. The summed E-state index contributed by atoms with van der Waals surface area (Å²) >= 11 is 0. The smallest absolute Gasteiger partial charge is 0.353 e. The van der Waals surface area contributed by atoms with Gasteiger partial charge >= 0.3 is 6.18 Å². The van der Waals surface area contributed by atoms with Crippen LogP contribution in [0.4, 0.5) is 24.7 Å². The SMILES string of the molecule is CC(=O)N1CCN(c2ccc(C(=O)Nc3cccc(-c4ccc(C(F)(F)F)cc4)c3C)cn2)CC1. The van der Waals surface area contributed by atoms with Gasteiger partial charge < -0.3 is 15.1 Å². The Bertz CT molecular complexity index is 1220. The molecular weight excluding hydrogens is 457 g/mol. The molecule has 2 aromatic carbocycles. The number of anilines is 2. The van der Waals surface area contributed by atoms with Crippen molar-refractivity contribution in [1.29, 1.82) is 0 Å². The molecule has 3 aromatic rings. The van der Waals surface area contributed by atoms with Crippen molar-refractivity contribution in [2.24, 2.45) is 0 Å². The van der Waals surface area contributed by atoms with Crippen LogP contribution in [0.2, 0.25) is 0 Å². The average molecular weight is 483 g/mol. The first-order chi connectivity index (χ1) is 16.6. The number of halogens is 3. The molecule has 2 amide bonds. The van der Waals surface area contributed by atoms with Gasteiger partial charge in [0.2, 0.25) is 5.91 Å². The Balaban J connectivity index is 1.45. The first kappa shape index (κ1) is 24.3. The van der Waals surface area contributed by atoms with Gasteiger partial charge in [0.15, 0.2) is 0 Å². The van der Waals surface area contributed by atoms with Crippen LogP contribution in [0.5, 0.6) is 0 Å². The van der Waals surface area contributed by atoms with Gasteiger partial charge in [-0.25, -0.2) is 4.98 Å². The van der Waals surface area contributed by atoms with Crippen LogP contribution in [0.1, 0.15) is 28.4 Å². The maximum absolute atomic E-state index is 12.9. The molecule has 1 aliphatic rings. The summed E-state index contributed by atoms with van der Waals surface area (Å²) in [5.41, 5.74) is 2.35. The summed E-state index contributed by atoms with van der Waals surface area (Å²) < 4.78 is 38.6. The number of carbonyl (C=O) groups excluding carboxylic acids is 2. The quantitative estimate of drug-likeness (QED) is 0.569. The van der Waals surface area contributed by atoms with Crippen LogP contribution >= 0.6 is 0 Å². The topological polar surface area (TPSA) is 65.5 Å². The minimum atomic E-state index is -4.39. The summed E-state index contributed by atoms with van der Waals surface area (Å²) in [6, 6.07) is 13.7. The molecule has 1 aromatic heterocycles. The molecule has 182 valence electrons. The highest BCUT2D eigenvalue weighted by molar-refractivity contribution is 6.05. The lowest BCUT2D eigenvalue weighted by molar-refractivity contribution is -0.137. The van der Waals surface area contributed by atoms with Crippen LogP contribution in [0.15, 0.2) is 60.8 Å². The Morgan fingerprint density at radius 1 is 0.943 bits per heavy atom. The van der Waals surface area contributed by atoms with Crippen LogP contribution < -0.4 is 10.2 Å². The number of aromatic nitrogens is 1. The molecule has 2 heterocycles. The molecule has 1 saturated heterocycles. The normalized spacial score (nSPS) is 14.1. The molecule has 0 radical (unpaired) electrons. The summed E-state index contributed by atoms with van der Waals surface area (Å²) in [7, 11) is 0. The average Bonchev–Trinajstić information content (AvgIpc) is 2.85. The van der Waals surface area contributed by atoms with E-state index in [4.69, 9.17) is 0 Å². The van der Waals surface area contributed by atoms with Crippen molar-refractivity contribution >= 4 is 23.3 Å². The van der Waals surface area contributed by atoms with Crippen LogP contribution in [-0.2, 0) is 11.0 Å². The largest absolute Gasteiger partial charge is 0.416 e. The Hall–Kier alpha value is -3.88. The minimum absolute atomic E-state index is 0.0577. The third kappa shape index (κ3) is 5.45. The number of benzene rings is 2. The van der Waals surface area contributed by atoms with E-state index in [0.717, 1.165) is 29.1 Å². The summed E-state index contributed by atoms with van der Waals surface area (Å²) in [4.78, 5) is 32.6. The Kier molecular flexibility index (Phi) is 6.77. The zero-order valence-corrected chi connectivity index (χ0v) is 19.4. The van der Waals surface area contributed by atoms with Gasteiger partial charge in [-0.3, -0.25) is 9.59 Å². The van der Waals surface area contributed by atoms with Crippen molar-refractivity contribution in [1.82, 2.24) is 9.88 Å². The molecule has 0 unspecified atom stereocenters. The number of nitrogens with one attached hydrogen (secondary N) is 1.